The Kier molecular flexibility index (Phi) is 5.20. The van der Waals surface area contributed by atoms with Crippen molar-refractivity contribution in [1.82, 2.24) is 4.98 Å². The molecule has 2 aromatic rings. The largest absolute Gasteiger partial charge is 0.379 e. The second-order valence-corrected chi connectivity index (χ2v) is 5.95. The summed E-state index contributed by atoms with van der Waals surface area (Å²) in [5.74, 6) is 0.0108. The molecule has 1 heterocycles. The Labute approximate surface area is 133 Å². The second kappa shape index (κ2) is 6.91. The molecule has 1 aromatic carbocycles. The first-order valence-corrected chi connectivity index (χ1v) is 7.99. The van der Waals surface area contributed by atoms with Crippen LogP contribution in [0.15, 0.2) is 23.6 Å². The highest BCUT2D eigenvalue weighted by Gasteiger charge is 2.13. The van der Waals surface area contributed by atoms with E-state index in [9.17, 15) is 4.79 Å². The smallest absolute Gasteiger partial charge is 0.225 e. The maximum atomic E-state index is 11.5. The Hall–Kier alpha value is -1.59. The zero-order chi connectivity index (χ0) is 15.4. The topological polar surface area (TPSA) is 45.2 Å². The van der Waals surface area contributed by atoms with Gasteiger partial charge in [-0.3, -0.25) is 9.69 Å². The Bertz CT molecular complexity index is 642. The van der Waals surface area contributed by atoms with E-state index in [1.807, 2.05) is 37.4 Å². The molecule has 1 aromatic heterocycles. The SMILES string of the molecule is CCN(C(C)=O)c1nc(CNc2ccc(C)c(Cl)c2)cs1. The van der Waals surface area contributed by atoms with Crippen molar-refractivity contribution in [3.8, 4) is 0 Å². The van der Waals surface area contributed by atoms with Crippen molar-refractivity contribution >= 4 is 39.7 Å². The van der Waals surface area contributed by atoms with E-state index >= 15 is 0 Å². The third-order valence-electron chi connectivity index (χ3n) is 3.11. The van der Waals surface area contributed by atoms with Crippen LogP contribution in [0.5, 0.6) is 0 Å². The minimum absolute atomic E-state index is 0.0108. The molecule has 1 amide bonds. The van der Waals surface area contributed by atoms with Crippen LogP contribution < -0.4 is 10.2 Å². The third kappa shape index (κ3) is 3.95. The van der Waals surface area contributed by atoms with Crippen LogP contribution in [-0.2, 0) is 11.3 Å². The zero-order valence-electron chi connectivity index (χ0n) is 12.3. The van der Waals surface area contributed by atoms with Crippen LogP contribution in [-0.4, -0.2) is 17.4 Å². The number of rotatable bonds is 5. The van der Waals surface area contributed by atoms with Gasteiger partial charge in [0.15, 0.2) is 5.13 Å². The molecular weight excluding hydrogens is 306 g/mol. The number of nitrogens with zero attached hydrogens (tertiary/aromatic N) is 2. The summed E-state index contributed by atoms with van der Waals surface area (Å²) in [7, 11) is 0. The van der Waals surface area contributed by atoms with Crippen LogP contribution in [0.3, 0.4) is 0 Å². The molecular formula is C15H18ClN3OS. The molecule has 4 nitrogen and oxygen atoms in total. The van der Waals surface area contributed by atoms with Gasteiger partial charge in [0.1, 0.15) is 0 Å². The van der Waals surface area contributed by atoms with Crippen molar-refractivity contribution in [3.05, 3.63) is 39.9 Å². The molecule has 2 rings (SSSR count). The first-order valence-electron chi connectivity index (χ1n) is 6.73. The van der Waals surface area contributed by atoms with Crippen LogP contribution in [0, 0.1) is 6.92 Å². The highest BCUT2D eigenvalue weighted by atomic mass is 35.5. The molecule has 0 radical (unpaired) electrons. The van der Waals surface area contributed by atoms with E-state index < -0.39 is 0 Å². The number of amides is 1. The molecule has 0 bridgehead atoms. The molecule has 0 unspecified atom stereocenters. The fourth-order valence-corrected chi connectivity index (χ4v) is 3.00. The lowest BCUT2D eigenvalue weighted by Gasteiger charge is -2.14. The molecule has 0 atom stereocenters. The summed E-state index contributed by atoms with van der Waals surface area (Å²) in [4.78, 5) is 17.6. The van der Waals surface area contributed by atoms with Crippen molar-refractivity contribution < 1.29 is 4.79 Å². The van der Waals surface area contributed by atoms with Crippen molar-refractivity contribution in [1.29, 1.82) is 0 Å². The summed E-state index contributed by atoms with van der Waals surface area (Å²) in [5.41, 5.74) is 2.92. The highest BCUT2D eigenvalue weighted by Crippen LogP contribution is 2.23. The molecule has 6 heteroatoms. The van der Waals surface area contributed by atoms with E-state index in [4.69, 9.17) is 11.6 Å². The van der Waals surface area contributed by atoms with Gasteiger partial charge >= 0.3 is 0 Å². The molecule has 1 N–H and O–H groups in total. The molecule has 112 valence electrons. The maximum absolute atomic E-state index is 11.5. The normalized spacial score (nSPS) is 10.5. The molecule has 0 spiro atoms. The summed E-state index contributed by atoms with van der Waals surface area (Å²) >= 11 is 7.58. The van der Waals surface area contributed by atoms with E-state index in [2.05, 4.69) is 10.3 Å². The highest BCUT2D eigenvalue weighted by molar-refractivity contribution is 7.14. The van der Waals surface area contributed by atoms with E-state index in [0.29, 0.717) is 13.1 Å². The lowest BCUT2D eigenvalue weighted by Crippen LogP contribution is -2.27. The molecule has 0 saturated carbocycles. The number of aryl methyl sites for hydroxylation is 1. The third-order valence-corrected chi connectivity index (χ3v) is 4.43. The summed E-state index contributed by atoms with van der Waals surface area (Å²) in [6, 6.07) is 5.87. The minimum atomic E-state index is 0.0108. The maximum Gasteiger partial charge on any atom is 0.225 e. The van der Waals surface area contributed by atoms with Gasteiger partial charge in [-0.1, -0.05) is 17.7 Å². The molecule has 0 aliphatic rings. The molecule has 0 aliphatic heterocycles. The average Bonchev–Trinajstić information content (AvgIpc) is 2.89. The van der Waals surface area contributed by atoms with Gasteiger partial charge in [0.2, 0.25) is 5.91 Å². The van der Waals surface area contributed by atoms with Gasteiger partial charge in [-0.25, -0.2) is 4.98 Å². The fraction of sp³-hybridized carbons (Fsp3) is 0.333. The lowest BCUT2D eigenvalue weighted by molar-refractivity contribution is -0.116. The molecule has 21 heavy (non-hydrogen) atoms. The van der Waals surface area contributed by atoms with Crippen LogP contribution in [0.1, 0.15) is 25.1 Å². The van der Waals surface area contributed by atoms with Gasteiger partial charge in [0.05, 0.1) is 12.2 Å². The number of carbonyl (C=O) groups is 1. The van der Waals surface area contributed by atoms with E-state index in [1.165, 1.54) is 11.3 Å². The van der Waals surface area contributed by atoms with Gasteiger partial charge in [-0.2, -0.15) is 0 Å². The van der Waals surface area contributed by atoms with E-state index in [-0.39, 0.29) is 5.91 Å². The van der Waals surface area contributed by atoms with E-state index in [1.54, 1.807) is 11.8 Å². The Morgan fingerprint density at radius 3 is 2.86 bits per heavy atom. The quantitative estimate of drug-likeness (QED) is 0.901. The number of benzene rings is 1. The number of anilines is 2. The van der Waals surface area contributed by atoms with Crippen molar-refractivity contribution in [2.75, 3.05) is 16.8 Å². The summed E-state index contributed by atoms with van der Waals surface area (Å²) in [6.07, 6.45) is 0. The molecule has 0 fully saturated rings. The van der Waals surface area contributed by atoms with Gasteiger partial charge in [-0.05, 0) is 31.5 Å². The van der Waals surface area contributed by atoms with Crippen LogP contribution >= 0.6 is 22.9 Å². The number of carbonyl (C=O) groups excluding carboxylic acids is 1. The van der Waals surface area contributed by atoms with Crippen LogP contribution in [0.25, 0.3) is 0 Å². The van der Waals surface area contributed by atoms with Gasteiger partial charge in [0, 0.05) is 29.6 Å². The Morgan fingerprint density at radius 2 is 2.24 bits per heavy atom. The van der Waals surface area contributed by atoms with Crippen LogP contribution in [0.2, 0.25) is 5.02 Å². The zero-order valence-corrected chi connectivity index (χ0v) is 13.9. The number of thiazole rings is 1. The average molecular weight is 324 g/mol. The van der Waals surface area contributed by atoms with Crippen molar-refractivity contribution in [2.24, 2.45) is 0 Å². The van der Waals surface area contributed by atoms with Gasteiger partial charge in [-0.15, -0.1) is 11.3 Å². The number of nitrogens with one attached hydrogen (secondary N) is 1. The predicted octanol–water partition coefficient (Wildman–Crippen LogP) is 4.09. The number of halogens is 1. The summed E-state index contributed by atoms with van der Waals surface area (Å²) in [5, 5.41) is 6.73. The van der Waals surface area contributed by atoms with Crippen molar-refractivity contribution in [3.63, 3.8) is 0 Å². The fourth-order valence-electron chi connectivity index (χ4n) is 1.89. The Morgan fingerprint density at radius 1 is 1.48 bits per heavy atom. The standard InChI is InChI=1S/C15H18ClN3OS/c1-4-19(11(3)20)15-18-13(9-21-15)8-17-12-6-5-10(2)14(16)7-12/h5-7,9,17H,4,8H2,1-3H3. The molecule has 0 aliphatic carbocycles. The monoisotopic (exact) mass is 323 g/mol. The lowest BCUT2D eigenvalue weighted by atomic mass is 10.2. The number of aromatic nitrogens is 1. The van der Waals surface area contributed by atoms with Crippen LogP contribution in [0.4, 0.5) is 10.8 Å². The molecule has 0 saturated heterocycles. The van der Waals surface area contributed by atoms with Gasteiger partial charge < -0.3 is 5.32 Å². The van der Waals surface area contributed by atoms with E-state index in [0.717, 1.165) is 27.1 Å². The van der Waals surface area contributed by atoms with Gasteiger partial charge in [0.25, 0.3) is 0 Å². The first-order chi connectivity index (χ1) is 10.0. The first kappa shape index (κ1) is 15.8. The minimum Gasteiger partial charge on any atom is -0.379 e. The predicted molar refractivity (Wildman–Crippen MR) is 89.3 cm³/mol. The second-order valence-electron chi connectivity index (χ2n) is 4.70. The summed E-state index contributed by atoms with van der Waals surface area (Å²) in [6.45, 7) is 6.70. The number of hydrogen-bond donors (Lipinski definition) is 1. The summed E-state index contributed by atoms with van der Waals surface area (Å²) < 4.78 is 0. The Balaban J connectivity index is 2.02. The van der Waals surface area contributed by atoms with Crippen molar-refractivity contribution in [2.45, 2.75) is 27.3 Å². The number of hydrogen-bond acceptors (Lipinski definition) is 4.